The molecule has 1 saturated heterocycles. The summed E-state index contributed by atoms with van der Waals surface area (Å²) < 4.78 is 0.292. The van der Waals surface area contributed by atoms with E-state index in [-0.39, 0.29) is 18.0 Å². The Kier molecular flexibility index (Phi) is 5.68. The average Bonchev–Trinajstić information content (AvgIpc) is 2.90. The fourth-order valence-corrected chi connectivity index (χ4v) is 3.66. The summed E-state index contributed by atoms with van der Waals surface area (Å²) in [6, 6.07) is 15.0. The first-order valence-corrected chi connectivity index (χ1v) is 9.08. The van der Waals surface area contributed by atoms with E-state index in [1.54, 1.807) is 12.1 Å². The first-order valence-electron chi connectivity index (χ1n) is 7.86. The number of thiocarbonyl (C=S) groups is 1. The van der Waals surface area contributed by atoms with Crippen molar-refractivity contribution in [3.8, 4) is 0 Å². The zero-order valence-electron chi connectivity index (χ0n) is 13.9. The van der Waals surface area contributed by atoms with Gasteiger partial charge in [0.25, 0.3) is 5.91 Å². The number of thioether (sulfide) groups is 1. The fraction of sp³-hybridized carbons (Fsp3) is 0.0526. The van der Waals surface area contributed by atoms with Gasteiger partial charge in [-0.3, -0.25) is 14.5 Å². The van der Waals surface area contributed by atoms with Gasteiger partial charge in [-0.25, -0.2) is 0 Å². The van der Waals surface area contributed by atoms with Crippen molar-refractivity contribution in [1.82, 2.24) is 4.90 Å². The van der Waals surface area contributed by atoms with Crippen LogP contribution in [0.15, 0.2) is 59.5 Å². The Bertz CT molecular complexity index is 957. The predicted molar refractivity (Wildman–Crippen MR) is 106 cm³/mol. The number of rotatable bonds is 5. The number of hydrogen-bond donors (Lipinski definition) is 1. The Balaban J connectivity index is 1.68. The summed E-state index contributed by atoms with van der Waals surface area (Å²) in [7, 11) is 0. The summed E-state index contributed by atoms with van der Waals surface area (Å²) in [6.45, 7) is -0.258. The maximum atomic E-state index is 12.5. The summed E-state index contributed by atoms with van der Waals surface area (Å²) in [5.74, 6) is -2.16. The maximum absolute atomic E-state index is 12.5. The second-order valence-electron chi connectivity index (χ2n) is 5.59. The monoisotopic (exact) mass is 397 g/mol. The molecule has 2 amide bonds. The van der Waals surface area contributed by atoms with Crippen LogP contribution in [0, 0.1) is 0 Å². The van der Waals surface area contributed by atoms with E-state index in [9.17, 15) is 19.5 Å². The van der Waals surface area contributed by atoms with Gasteiger partial charge in [0.2, 0.25) is 5.91 Å². The first-order chi connectivity index (χ1) is 12.9. The van der Waals surface area contributed by atoms with Gasteiger partial charge in [0.1, 0.15) is 10.9 Å². The Hall–Kier alpha value is -2.97. The lowest BCUT2D eigenvalue weighted by Crippen LogP contribution is -2.36. The molecule has 1 aliphatic heterocycles. The number of benzene rings is 2. The molecule has 1 aliphatic rings. The molecule has 0 saturated carbocycles. The molecule has 8 heteroatoms. The minimum Gasteiger partial charge on any atom is -0.545 e. The van der Waals surface area contributed by atoms with Crippen molar-refractivity contribution in [3.63, 3.8) is 0 Å². The summed E-state index contributed by atoms with van der Waals surface area (Å²) >= 11 is 6.34. The van der Waals surface area contributed by atoms with E-state index in [4.69, 9.17) is 12.2 Å². The van der Waals surface area contributed by atoms with Crippen LogP contribution in [-0.2, 0) is 9.59 Å². The summed E-state index contributed by atoms with van der Waals surface area (Å²) in [4.78, 5) is 37.3. The smallest absolute Gasteiger partial charge is 0.266 e. The molecular formula is C19H13N2O4S2-. The number of nitrogens with zero attached hydrogens (tertiary/aromatic N) is 1. The van der Waals surface area contributed by atoms with Crippen LogP contribution in [0.2, 0.25) is 0 Å². The highest BCUT2D eigenvalue weighted by Crippen LogP contribution is 2.32. The molecule has 0 radical (unpaired) electrons. The highest BCUT2D eigenvalue weighted by molar-refractivity contribution is 8.26. The quantitative estimate of drug-likeness (QED) is 0.612. The molecule has 27 heavy (non-hydrogen) atoms. The number of carbonyl (C=O) groups excluding carboxylic acids is 3. The van der Waals surface area contributed by atoms with E-state index in [0.717, 1.165) is 17.3 Å². The number of hydrogen-bond acceptors (Lipinski definition) is 6. The standard InChI is InChI=1S/C19H14N2O4S2/c22-16(20-14-8-4-7-13(10-14)18(24)25)11-21-17(23)15(27-19(21)26)9-12-5-2-1-3-6-12/h1-10H,11H2,(H,20,22)(H,24,25)/p-1/b15-9-. The van der Waals surface area contributed by atoms with Crippen LogP contribution >= 0.6 is 24.0 Å². The normalized spacial score (nSPS) is 15.3. The fourth-order valence-electron chi connectivity index (χ4n) is 2.40. The molecule has 1 fully saturated rings. The number of carbonyl (C=O) groups is 3. The molecular weight excluding hydrogens is 384 g/mol. The summed E-state index contributed by atoms with van der Waals surface area (Å²) in [6.07, 6.45) is 1.72. The zero-order chi connectivity index (χ0) is 19.4. The number of anilines is 1. The molecule has 136 valence electrons. The number of nitrogens with one attached hydrogen (secondary N) is 1. The molecule has 0 bridgehead atoms. The third-order valence-corrected chi connectivity index (χ3v) is 5.03. The highest BCUT2D eigenvalue weighted by Gasteiger charge is 2.33. The molecule has 0 aliphatic carbocycles. The molecule has 0 aromatic heterocycles. The van der Waals surface area contributed by atoms with E-state index < -0.39 is 11.9 Å². The Morgan fingerprint density at radius 3 is 2.59 bits per heavy atom. The van der Waals surface area contributed by atoms with Gasteiger partial charge in [-0.15, -0.1) is 0 Å². The number of amides is 2. The van der Waals surface area contributed by atoms with Gasteiger partial charge < -0.3 is 15.2 Å². The van der Waals surface area contributed by atoms with Crippen LogP contribution in [0.25, 0.3) is 6.08 Å². The number of carboxylic acid groups (broad SMARTS) is 1. The van der Waals surface area contributed by atoms with Crippen molar-refractivity contribution in [2.45, 2.75) is 0 Å². The molecule has 2 aromatic rings. The number of aromatic carboxylic acids is 1. The average molecular weight is 397 g/mol. The molecule has 0 atom stereocenters. The van der Waals surface area contributed by atoms with Crippen molar-refractivity contribution in [1.29, 1.82) is 0 Å². The van der Waals surface area contributed by atoms with Crippen LogP contribution in [0.1, 0.15) is 15.9 Å². The lowest BCUT2D eigenvalue weighted by atomic mass is 10.2. The Morgan fingerprint density at radius 1 is 1.15 bits per heavy atom. The van der Waals surface area contributed by atoms with Gasteiger partial charge in [-0.2, -0.15) is 0 Å². The van der Waals surface area contributed by atoms with Gasteiger partial charge in [0.05, 0.1) is 10.9 Å². The van der Waals surface area contributed by atoms with Crippen LogP contribution < -0.4 is 10.4 Å². The van der Waals surface area contributed by atoms with Gasteiger partial charge >= 0.3 is 0 Å². The molecule has 0 unspecified atom stereocenters. The summed E-state index contributed by atoms with van der Waals surface area (Å²) in [5, 5.41) is 13.4. The van der Waals surface area contributed by atoms with Crippen molar-refractivity contribution >= 4 is 57.8 Å². The SMILES string of the molecule is O=C(CN1C(=O)/C(=C/c2ccccc2)SC1=S)Nc1cccc(C(=O)[O-])c1. The van der Waals surface area contributed by atoms with Crippen LogP contribution in [-0.4, -0.2) is 33.5 Å². The molecule has 3 rings (SSSR count). The maximum Gasteiger partial charge on any atom is 0.266 e. The minimum absolute atomic E-state index is 0.0517. The molecule has 1 heterocycles. The van der Waals surface area contributed by atoms with Crippen LogP contribution in [0.3, 0.4) is 0 Å². The van der Waals surface area contributed by atoms with E-state index in [1.165, 1.54) is 23.1 Å². The second-order valence-corrected chi connectivity index (χ2v) is 7.27. The van der Waals surface area contributed by atoms with Gasteiger partial charge in [0.15, 0.2) is 0 Å². The number of carboxylic acids is 1. The third kappa shape index (κ3) is 4.60. The van der Waals surface area contributed by atoms with Crippen molar-refractivity contribution in [3.05, 3.63) is 70.6 Å². The van der Waals surface area contributed by atoms with E-state index >= 15 is 0 Å². The van der Waals surface area contributed by atoms with Gasteiger partial charge in [-0.05, 0) is 29.3 Å². The Morgan fingerprint density at radius 2 is 1.89 bits per heavy atom. The second kappa shape index (κ2) is 8.15. The first kappa shape index (κ1) is 18.8. The highest BCUT2D eigenvalue weighted by atomic mass is 32.2. The molecule has 0 spiro atoms. The van der Waals surface area contributed by atoms with Crippen LogP contribution in [0.4, 0.5) is 5.69 Å². The lowest BCUT2D eigenvalue weighted by Gasteiger charge is -2.14. The Labute approximate surface area is 164 Å². The van der Waals surface area contributed by atoms with Gasteiger partial charge in [0, 0.05) is 5.69 Å². The van der Waals surface area contributed by atoms with Gasteiger partial charge in [-0.1, -0.05) is 66.4 Å². The molecule has 6 nitrogen and oxygen atoms in total. The predicted octanol–water partition coefficient (Wildman–Crippen LogP) is 1.89. The van der Waals surface area contributed by atoms with Crippen molar-refractivity contribution in [2.75, 3.05) is 11.9 Å². The molecule has 1 N–H and O–H groups in total. The topological polar surface area (TPSA) is 89.5 Å². The minimum atomic E-state index is -1.34. The van der Waals surface area contributed by atoms with E-state index in [0.29, 0.717) is 14.9 Å². The summed E-state index contributed by atoms with van der Waals surface area (Å²) in [5.41, 5.74) is 1.11. The third-order valence-electron chi connectivity index (χ3n) is 3.65. The van der Waals surface area contributed by atoms with Crippen molar-refractivity contribution < 1.29 is 19.5 Å². The van der Waals surface area contributed by atoms with Crippen molar-refractivity contribution in [2.24, 2.45) is 0 Å². The van der Waals surface area contributed by atoms with Crippen LogP contribution in [0.5, 0.6) is 0 Å². The lowest BCUT2D eigenvalue weighted by molar-refractivity contribution is -0.255. The van der Waals surface area contributed by atoms with E-state index in [2.05, 4.69) is 5.32 Å². The molecule has 2 aromatic carbocycles. The zero-order valence-corrected chi connectivity index (χ0v) is 15.5. The largest absolute Gasteiger partial charge is 0.545 e. The van der Waals surface area contributed by atoms with E-state index in [1.807, 2.05) is 30.3 Å².